The molecule has 0 aliphatic rings. The molecule has 2 aromatic carbocycles. The van der Waals surface area contributed by atoms with Crippen molar-refractivity contribution >= 4 is 10.8 Å². The predicted octanol–water partition coefficient (Wildman–Crippen LogP) is 3.88. The van der Waals surface area contributed by atoms with Crippen molar-refractivity contribution in [3.63, 3.8) is 0 Å². The maximum Gasteiger partial charge on any atom is 0.131 e. The molecule has 1 N–H and O–H groups in total. The van der Waals surface area contributed by atoms with Crippen molar-refractivity contribution in [2.75, 3.05) is 7.05 Å². The summed E-state index contributed by atoms with van der Waals surface area (Å²) in [6.07, 6.45) is 3.35. The Kier molecular flexibility index (Phi) is 3.05. The average molecular weight is 255 g/mol. The molecule has 96 valence electrons. The Hall–Kier alpha value is -2.13. The predicted molar refractivity (Wildman–Crippen MR) is 73.5 cm³/mol. The van der Waals surface area contributed by atoms with Gasteiger partial charge in [-0.15, -0.1) is 0 Å². The number of benzene rings is 2. The number of halogens is 1. The smallest absolute Gasteiger partial charge is 0.131 e. The van der Waals surface area contributed by atoms with E-state index < -0.39 is 0 Å². The van der Waals surface area contributed by atoms with E-state index in [1.54, 1.807) is 18.6 Å². The Morgan fingerprint density at radius 2 is 1.84 bits per heavy atom. The number of furan rings is 1. The monoisotopic (exact) mass is 255 g/mol. The molecule has 3 heteroatoms. The van der Waals surface area contributed by atoms with Gasteiger partial charge in [-0.2, -0.15) is 0 Å². The fourth-order valence-corrected chi connectivity index (χ4v) is 2.48. The van der Waals surface area contributed by atoms with Gasteiger partial charge in [0.05, 0.1) is 18.6 Å². The lowest BCUT2D eigenvalue weighted by Gasteiger charge is -2.17. The van der Waals surface area contributed by atoms with Crippen molar-refractivity contribution in [3.8, 4) is 0 Å². The Bertz CT molecular complexity index is 691. The topological polar surface area (TPSA) is 25.2 Å². The summed E-state index contributed by atoms with van der Waals surface area (Å²) in [5.74, 6) is -0.193. The van der Waals surface area contributed by atoms with E-state index in [4.69, 9.17) is 4.42 Å². The molecule has 0 radical (unpaired) electrons. The molecule has 1 heterocycles. The zero-order valence-corrected chi connectivity index (χ0v) is 10.6. The molecule has 3 aromatic rings. The Morgan fingerprint density at radius 1 is 1.05 bits per heavy atom. The molecule has 0 bridgehead atoms. The van der Waals surface area contributed by atoms with Gasteiger partial charge in [-0.25, -0.2) is 4.39 Å². The average Bonchev–Trinajstić information content (AvgIpc) is 2.96. The largest absolute Gasteiger partial charge is 0.472 e. The summed E-state index contributed by atoms with van der Waals surface area (Å²) in [4.78, 5) is 0. The third-order valence-electron chi connectivity index (χ3n) is 3.38. The van der Waals surface area contributed by atoms with Crippen molar-refractivity contribution < 1.29 is 8.81 Å². The van der Waals surface area contributed by atoms with Crippen LogP contribution in [0, 0.1) is 5.82 Å². The molecule has 0 aliphatic heterocycles. The maximum absolute atomic E-state index is 13.8. The molecule has 0 aliphatic carbocycles. The third-order valence-corrected chi connectivity index (χ3v) is 3.38. The van der Waals surface area contributed by atoms with E-state index in [1.165, 1.54) is 6.07 Å². The van der Waals surface area contributed by atoms with Gasteiger partial charge in [0.25, 0.3) is 0 Å². The lowest BCUT2D eigenvalue weighted by Crippen LogP contribution is -2.17. The molecular weight excluding hydrogens is 241 g/mol. The molecule has 3 rings (SSSR count). The van der Waals surface area contributed by atoms with E-state index in [0.29, 0.717) is 5.39 Å². The van der Waals surface area contributed by atoms with Crippen LogP contribution in [0.5, 0.6) is 0 Å². The number of hydrogen-bond acceptors (Lipinski definition) is 2. The van der Waals surface area contributed by atoms with Crippen LogP contribution in [0.3, 0.4) is 0 Å². The zero-order valence-electron chi connectivity index (χ0n) is 10.6. The molecular formula is C16H14FNO. The van der Waals surface area contributed by atoms with Gasteiger partial charge in [0.1, 0.15) is 5.82 Å². The van der Waals surface area contributed by atoms with Gasteiger partial charge in [-0.1, -0.05) is 30.3 Å². The van der Waals surface area contributed by atoms with Crippen LogP contribution in [-0.4, -0.2) is 7.05 Å². The first-order valence-electron chi connectivity index (χ1n) is 6.18. The first kappa shape index (κ1) is 11.9. The Labute approximate surface area is 110 Å². The van der Waals surface area contributed by atoms with E-state index in [0.717, 1.165) is 16.5 Å². The minimum atomic E-state index is -0.193. The standard InChI is InChI=1S/C16H14FNO/c1-18-16(11-8-9-19-10-11)14-6-7-15(17)13-5-3-2-4-12(13)14/h2-10,16,18H,1H3. The molecule has 19 heavy (non-hydrogen) atoms. The highest BCUT2D eigenvalue weighted by Crippen LogP contribution is 2.30. The summed E-state index contributed by atoms with van der Waals surface area (Å²) in [5, 5.41) is 4.81. The molecule has 1 unspecified atom stereocenters. The summed E-state index contributed by atoms with van der Waals surface area (Å²) in [6.45, 7) is 0. The van der Waals surface area contributed by atoms with Crippen molar-refractivity contribution in [2.45, 2.75) is 6.04 Å². The summed E-state index contributed by atoms with van der Waals surface area (Å²) >= 11 is 0. The first-order valence-corrected chi connectivity index (χ1v) is 6.18. The lowest BCUT2D eigenvalue weighted by molar-refractivity contribution is 0.557. The maximum atomic E-state index is 13.8. The molecule has 0 saturated carbocycles. The molecule has 2 nitrogen and oxygen atoms in total. The van der Waals surface area contributed by atoms with Gasteiger partial charge in [0.15, 0.2) is 0 Å². The zero-order chi connectivity index (χ0) is 13.2. The summed E-state index contributed by atoms with van der Waals surface area (Å²) in [6, 6.07) is 12.8. The van der Waals surface area contributed by atoms with Gasteiger partial charge in [0.2, 0.25) is 0 Å². The van der Waals surface area contributed by atoms with Gasteiger partial charge >= 0.3 is 0 Å². The van der Waals surface area contributed by atoms with Gasteiger partial charge in [-0.05, 0) is 30.1 Å². The Morgan fingerprint density at radius 3 is 2.53 bits per heavy atom. The van der Waals surface area contributed by atoms with Crippen molar-refractivity contribution in [3.05, 3.63) is 71.9 Å². The molecule has 0 saturated heterocycles. The van der Waals surface area contributed by atoms with Crippen LogP contribution in [0.4, 0.5) is 4.39 Å². The minimum Gasteiger partial charge on any atom is -0.472 e. The number of fused-ring (bicyclic) bond motifs is 1. The molecule has 0 amide bonds. The van der Waals surface area contributed by atoms with Crippen LogP contribution in [0.15, 0.2) is 59.4 Å². The highest BCUT2D eigenvalue weighted by molar-refractivity contribution is 5.87. The molecule has 0 fully saturated rings. The van der Waals surface area contributed by atoms with Crippen molar-refractivity contribution in [1.82, 2.24) is 5.32 Å². The van der Waals surface area contributed by atoms with Crippen LogP contribution in [0.25, 0.3) is 10.8 Å². The first-order chi connectivity index (χ1) is 9.31. The number of rotatable bonds is 3. The van der Waals surface area contributed by atoms with Crippen LogP contribution >= 0.6 is 0 Å². The van der Waals surface area contributed by atoms with Crippen molar-refractivity contribution in [1.29, 1.82) is 0 Å². The normalized spacial score (nSPS) is 12.7. The van der Waals surface area contributed by atoms with E-state index >= 15 is 0 Å². The summed E-state index contributed by atoms with van der Waals surface area (Å²) in [5.41, 5.74) is 2.07. The highest BCUT2D eigenvalue weighted by Gasteiger charge is 2.16. The second-order valence-electron chi connectivity index (χ2n) is 4.46. The highest BCUT2D eigenvalue weighted by atomic mass is 19.1. The SMILES string of the molecule is CNC(c1ccoc1)c1ccc(F)c2ccccc12. The lowest BCUT2D eigenvalue weighted by atomic mass is 9.95. The second-order valence-corrected chi connectivity index (χ2v) is 4.46. The van der Waals surface area contributed by atoms with Crippen LogP contribution in [0.2, 0.25) is 0 Å². The summed E-state index contributed by atoms with van der Waals surface area (Å²) < 4.78 is 19.0. The fraction of sp³-hybridized carbons (Fsp3) is 0.125. The van der Waals surface area contributed by atoms with Gasteiger partial charge in [-0.3, -0.25) is 0 Å². The fourth-order valence-electron chi connectivity index (χ4n) is 2.48. The van der Waals surface area contributed by atoms with E-state index in [9.17, 15) is 4.39 Å². The van der Waals surface area contributed by atoms with Crippen molar-refractivity contribution in [2.24, 2.45) is 0 Å². The van der Waals surface area contributed by atoms with Crippen LogP contribution in [0.1, 0.15) is 17.2 Å². The number of nitrogens with one attached hydrogen (secondary N) is 1. The van der Waals surface area contributed by atoms with E-state index in [-0.39, 0.29) is 11.9 Å². The molecule has 0 spiro atoms. The second kappa shape index (κ2) is 4.86. The Balaban J connectivity index is 2.22. The number of hydrogen-bond donors (Lipinski definition) is 1. The van der Waals surface area contributed by atoms with E-state index in [1.807, 2.05) is 37.4 Å². The van der Waals surface area contributed by atoms with Crippen LogP contribution in [-0.2, 0) is 0 Å². The molecule has 1 atom stereocenters. The van der Waals surface area contributed by atoms with Gasteiger partial charge in [0, 0.05) is 10.9 Å². The van der Waals surface area contributed by atoms with Crippen LogP contribution < -0.4 is 5.32 Å². The summed E-state index contributed by atoms with van der Waals surface area (Å²) in [7, 11) is 1.88. The third kappa shape index (κ3) is 2.02. The minimum absolute atomic E-state index is 0.00995. The molecule has 1 aromatic heterocycles. The van der Waals surface area contributed by atoms with Gasteiger partial charge < -0.3 is 9.73 Å². The van der Waals surface area contributed by atoms with E-state index in [2.05, 4.69) is 5.32 Å². The quantitative estimate of drug-likeness (QED) is 0.768.